The van der Waals surface area contributed by atoms with Crippen LogP contribution >= 0.6 is 0 Å². The molecule has 0 amide bonds. The summed E-state index contributed by atoms with van der Waals surface area (Å²) in [6.07, 6.45) is 8.17. The summed E-state index contributed by atoms with van der Waals surface area (Å²) < 4.78 is 24.1. The normalized spacial score (nSPS) is 36.1. The first-order valence-corrected chi connectivity index (χ1v) is 18.8. The molecule has 6 N–H and O–H groups in total. The third-order valence-corrected chi connectivity index (χ3v) is 12.9. The van der Waals surface area contributed by atoms with Crippen LogP contribution in [-0.2, 0) is 38.1 Å². The molecule has 0 radical (unpaired) electrons. The van der Waals surface area contributed by atoms with Gasteiger partial charge in [0.2, 0.25) is 0 Å². The van der Waals surface area contributed by atoms with E-state index in [1.165, 1.54) is 0 Å². The van der Waals surface area contributed by atoms with E-state index in [9.17, 15) is 19.2 Å². The third kappa shape index (κ3) is 8.37. The maximum absolute atomic E-state index is 13.2. The highest BCUT2D eigenvalue weighted by Gasteiger charge is 2.67. The Morgan fingerprint density at radius 1 is 0.771 bits per heavy atom. The maximum atomic E-state index is 13.2. The van der Waals surface area contributed by atoms with Crippen LogP contribution in [0.2, 0.25) is 0 Å². The molecule has 0 aromatic carbocycles. The second kappa shape index (κ2) is 17.1. The van der Waals surface area contributed by atoms with Crippen LogP contribution in [0.3, 0.4) is 0 Å². The van der Waals surface area contributed by atoms with Gasteiger partial charge >= 0.3 is 23.9 Å². The Morgan fingerprint density at radius 3 is 2.06 bits per heavy atom. The SMILES string of the molecule is CCCCOC(=O)CCC(C)C1CC[C@H]2[C@@H]3[C@H](OC(=O)CCN)C[C@@H]4C[C@H](OC(=O)CCN)CC[C@]4(C)[C@H]3C[C@H](OC(=O)CCN)[C@]12C. The highest BCUT2D eigenvalue weighted by atomic mass is 16.6. The minimum atomic E-state index is -0.367. The van der Waals surface area contributed by atoms with Gasteiger partial charge in [-0.1, -0.05) is 34.1 Å². The van der Waals surface area contributed by atoms with Crippen molar-refractivity contribution in [1.29, 1.82) is 0 Å². The van der Waals surface area contributed by atoms with E-state index in [1.807, 2.05) is 0 Å². The Balaban J connectivity index is 1.65. The molecule has 2 unspecified atom stereocenters. The molecule has 0 aliphatic heterocycles. The lowest BCUT2D eigenvalue weighted by atomic mass is 9.43. The molecule has 11 atom stereocenters. The fourth-order valence-corrected chi connectivity index (χ4v) is 10.5. The second-order valence-corrected chi connectivity index (χ2v) is 15.6. The number of carbonyl (C=O) groups excluding carboxylic acids is 4. The Morgan fingerprint density at radius 2 is 1.42 bits per heavy atom. The predicted molar refractivity (Wildman–Crippen MR) is 181 cm³/mol. The van der Waals surface area contributed by atoms with Crippen molar-refractivity contribution in [3.05, 3.63) is 0 Å². The molecule has 274 valence electrons. The summed E-state index contributed by atoms with van der Waals surface area (Å²) in [5.41, 5.74) is 16.7. The topological polar surface area (TPSA) is 183 Å². The largest absolute Gasteiger partial charge is 0.466 e. The molecule has 4 aliphatic rings. The molecule has 0 spiro atoms. The molecule has 0 saturated heterocycles. The quantitative estimate of drug-likeness (QED) is 0.120. The van der Waals surface area contributed by atoms with Crippen molar-refractivity contribution in [3.63, 3.8) is 0 Å². The van der Waals surface area contributed by atoms with Crippen LogP contribution in [0.1, 0.15) is 118 Å². The third-order valence-electron chi connectivity index (χ3n) is 12.9. The first-order chi connectivity index (χ1) is 22.9. The summed E-state index contributed by atoms with van der Waals surface area (Å²) in [4.78, 5) is 51.2. The lowest BCUT2D eigenvalue weighted by Gasteiger charge is -2.64. The molecule has 0 bridgehead atoms. The van der Waals surface area contributed by atoms with E-state index < -0.39 is 0 Å². The van der Waals surface area contributed by atoms with Crippen molar-refractivity contribution in [2.45, 2.75) is 136 Å². The van der Waals surface area contributed by atoms with E-state index in [2.05, 4.69) is 27.7 Å². The van der Waals surface area contributed by atoms with Gasteiger partial charge in [0.25, 0.3) is 0 Å². The van der Waals surface area contributed by atoms with Crippen LogP contribution in [0, 0.1) is 46.3 Å². The number of nitrogens with two attached hydrogens (primary N) is 3. The average Bonchev–Trinajstić information content (AvgIpc) is 3.39. The fraction of sp³-hybridized carbons (Fsp3) is 0.892. The van der Waals surface area contributed by atoms with Gasteiger partial charge < -0.3 is 36.1 Å². The van der Waals surface area contributed by atoms with E-state index >= 15 is 0 Å². The molecule has 4 aliphatic carbocycles. The predicted octanol–water partition coefficient (Wildman–Crippen LogP) is 4.41. The number of hydrogen-bond donors (Lipinski definition) is 3. The zero-order valence-corrected chi connectivity index (χ0v) is 29.9. The number of hydrogen-bond acceptors (Lipinski definition) is 11. The molecule has 48 heavy (non-hydrogen) atoms. The zero-order chi connectivity index (χ0) is 35.1. The molecule has 0 heterocycles. The minimum absolute atomic E-state index is 0.0926. The lowest BCUT2D eigenvalue weighted by molar-refractivity contribution is -0.225. The van der Waals surface area contributed by atoms with Gasteiger partial charge in [0.05, 0.1) is 25.9 Å². The smallest absolute Gasteiger partial charge is 0.307 e. The monoisotopic (exact) mass is 677 g/mol. The van der Waals surface area contributed by atoms with Gasteiger partial charge in [0.15, 0.2) is 0 Å². The number of unbranched alkanes of at least 4 members (excludes halogenated alkanes) is 1. The van der Waals surface area contributed by atoms with Crippen molar-refractivity contribution in [3.8, 4) is 0 Å². The highest BCUT2D eigenvalue weighted by Crippen LogP contribution is 2.69. The molecule has 11 nitrogen and oxygen atoms in total. The summed E-state index contributed by atoms with van der Waals surface area (Å²) >= 11 is 0. The van der Waals surface area contributed by atoms with Gasteiger partial charge in [-0.2, -0.15) is 0 Å². The number of rotatable bonds is 16. The number of carbonyl (C=O) groups is 4. The van der Waals surface area contributed by atoms with Crippen LogP contribution < -0.4 is 17.2 Å². The molecular weight excluding hydrogens is 614 g/mol. The van der Waals surface area contributed by atoms with Crippen LogP contribution in [0.25, 0.3) is 0 Å². The van der Waals surface area contributed by atoms with Crippen molar-refractivity contribution < 1.29 is 38.1 Å². The molecule has 4 rings (SSSR count). The molecular formula is C37H63N3O8. The Labute approximate surface area is 287 Å². The standard InChI is InChI=1S/C37H63N3O8/c1-5-6-19-45-31(41)10-7-23(2)26-8-9-27-35-28(22-30(37(26,27)4)48-34(44)14-18-40)36(3)15-11-25(46-32(42)12-16-38)20-24(36)21-29(35)47-33(43)13-17-39/h23-30,35H,5-22,38-40H2,1-4H3/t23?,24-,25+,26?,27-,28-,29+,30-,35-,36-,37+/m0/s1. The Kier molecular flexibility index (Phi) is 13.8. The summed E-state index contributed by atoms with van der Waals surface area (Å²) in [7, 11) is 0. The van der Waals surface area contributed by atoms with Crippen LogP contribution in [0.4, 0.5) is 0 Å². The summed E-state index contributed by atoms with van der Waals surface area (Å²) in [5.74, 6) is -0.0202. The highest BCUT2D eigenvalue weighted by molar-refractivity contribution is 5.71. The molecule has 4 saturated carbocycles. The average molecular weight is 678 g/mol. The van der Waals surface area contributed by atoms with E-state index in [0.29, 0.717) is 38.7 Å². The van der Waals surface area contributed by atoms with Crippen LogP contribution in [0.15, 0.2) is 0 Å². The second-order valence-electron chi connectivity index (χ2n) is 15.6. The summed E-state index contributed by atoms with van der Waals surface area (Å²) in [6, 6.07) is 0. The van der Waals surface area contributed by atoms with Crippen molar-refractivity contribution >= 4 is 23.9 Å². The van der Waals surface area contributed by atoms with Gasteiger partial charge in [-0.3, -0.25) is 19.2 Å². The molecule has 4 fully saturated rings. The fourth-order valence-electron chi connectivity index (χ4n) is 10.5. The van der Waals surface area contributed by atoms with Crippen molar-refractivity contribution in [1.82, 2.24) is 0 Å². The number of esters is 4. The zero-order valence-electron chi connectivity index (χ0n) is 29.9. The first kappa shape index (κ1) is 38.6. The van der Waals surface area contributed by atoms with Crippen molar-refractivity contribution in [2.75, 3.05) is 26.2 Å². The van der Waals surface area contributed by atoms with Crippen LogP contribution in [-0.4, -0.2) is 68.4 Å². The lowest BCUT2D eigenvalue weighted by Crippen LogP contribution is -2.63. The number of ether oxygens (including phenoxy) is 4. The molecule has 0 aromatic heterocycles. The van der Waals surface area contributed by atoms with Crippen LogP contribution in [0.5, 0.6) is 0 Å². The Bertz CT molecular complexity index is 1120. The van der Waals surface area contributed by atoms with Gasteiger partial charge in [-0.05, 0) is 92.8 Å². The van der Waals surface area contributed by atoms with Gasteiger partial charge in [0, 0.05) is 37.4 Å². The minimum Gasteiger partial charge on any atom is -0.466 e. The Hall–Kier alpha value is -2.24. The first-order valence-electron chi connectivity index (χ1n) is 18.8. The van der Waals surface area contributed by atoms with E-state index in [0.717, 1.165) is 38.5 Å². The molecule has 11 heteroatoms. The number of fused-ring (bicyclic) bond motifs is 5. The van der Waals surface area contributed by atoms with E-state index in [1.54, 1.807) is 0 Å². The van der Waals surface area contributed by atoms with Crippen molar-refractivity contribution in [2.24, 2.45) is 63.5 Å². The van der Waals surface area contributed by atoms with Gasteiger partial charge in [0.1, 0.15) is 18.3 Å². The molecule has 0 aromatic rings. The summed E-state index contributed by atoms with van der Waals surface area (Å²) in [6.45, 7) is 10.1. The van der Waals surface area contributed by atoms with E-state index in [4.69, 9.17) is 36.1 Å². The maximum Gasteiger partial charge on any atom is 0.307 e. The van der Waals surface area contributed by atoms with E-state index in [-0.39, 0.29) is 127 Å². The van der Waals surface area contributed by atoms with Gasteiger partial charge in [-0.15, -0.1) is 0 Å². The summed E-state index contributed by atoms with van der Waals surface area (Å²) in [5, 5.41) is 0. The van der Waals surface area contributed by atoms with Gasteiger partial charge in [-0.25, -0.2) is 0 Å².